The summed E-state index contributed by atoms with van der Waals surface area (Å²) in [6, 6.07) is 5.44. The van der Waals surface area contributed by atoms with Crippen LogP contribution in [0.2, 0.25) is 0 Å². The molecule has 1 aliphatic rings. The van der Waals surface area contributed by atoms with Gasteiger partial charge in [0.05, 0.1) is 24.3 Å². The molecule has 1 atom stereocenters. The van der Waals surface area contributed by atoms with E-state index in [0.717, 1.165) is 30.5 Å². The highest BCUT2D eigenvalue weighted by molar-refractivity contribution is 5.93. The first kappa shape index (κ1) is 22.5. The molecule has 1 unspecified atom stereocenters. The topological polar surface area (TPSA) is 82.9 Å². The lowest BCUT2D eigenvalue weighted by Gasteiger charge is -2.44. The van der Waals surface area contributed by atoms with Gasteiger partial charge in [0, 0.05) is 18.8 Å². The zero-order valence-corrected chi connectivity index (χ0v) is 18.2. The van der Waals surface area contributed by atoms with Crippen molar-refractivity contribution in [2.45, 2.75) is 65.6 Å². The quantitative estimate of drug-likeness (QED) is 0.702. The number of benzene rings is 1. The Bertz CT molecular complexity index is 808. The molecule has 1 heterocycles. The van der Waals surface area contributed by atoms with E-state index in [1.807, 2.05) is 34.6 Å². The maximum absolute atomic E-state index is 12.9. The summed E-state index contributed by atoms with van der Waals surface area (Å²) in [6.07, 6.45) is 2.14. The highest BCUT2D eigenvalue weighted by Gasteiger charge is 2.34. The van der Waals surface area contributed by atoms with E-state index < -0.39 is 11.6 Å². The summed E-state index contributed by atoms with van der Waals surface area (Å²) in [6.45, 7) is 10.6. The Morgan fingerprint density at radius 3 is 2.55 bits per heavy atom. The fourth-order valence-corrected chi connectivity index (χ4v) is 3.70. The average Bonchev–Trinajstić information content (AvgIpc) is 2.68. The Kier molecular flexibility index (Phi) is 7.12. The van der Waals surface area contributed by atoms with Crippen LogP contribution in [0.25, 0.3) is 0 Å². The predicted octanol–water partition coefficient (Wildman–Crippen LogP) is 4.23. The number of hydrogen-bond donors (Lipinski definition) is 0. The van der Waals surface area contributed by atoms with E-state index in [1.165, 1.54) is 7.11 Å². The van der Waals surface area contributed by atoms with Crippen LogP contribution < -0.4 is 4.90 Å². The molecule has 0 aromatic heterocycles. The number of hydrogen-bond acceptors (Lipinski definition) is 6. The molecule has 158 valence electrons. The maximum Gasteiger partial charge on any atom is 0.411 e. The van der Waals surface area contributed by atoms with Gasteiger partial charge in [0.1, 0.15) is 11.8 Å². The number of amides is 1. The largest absolute Gasteiger partial charge is 0.465 e. The minimum Gasteiger partial charge on any atom is -0.465 e. The molecule has 7 heteroatoms. The van der Waals surface area contributed by atoms with E-state index in [9.17, 15) is 14.9 Å². The summed E-state index contributed by atoms with van der Waals surface area (Å²) >= 11 is 0. The van der Waals surface area contributed by atoms with Crippen LogP contribution in [0.4, 0.5) is 10.5 Å². The van der Waals surface area contributed by atoms with Crippen molar-refractivity contribution >= 4 is 17.7 Å². The number of esters is 1. The number of rotatable bonds is 4. The second-order valence-corrected chi connectivity index (χ2v) is 8.21. The van der Waals surface area contributed by atoms with Crippen molar-refractivity contribution in [3.05, 3.63) is 28.8 Å². The molecule has 0 spiro atoms. The maximum atomic E-state index is 12.9. The third kappa shape index (κ3) is 5.20. The van der Waals surface area contributed by atoms with Crippen LogP contribution in [0.1, 0.15) is 68.4 Å². The first-order valence-corrected chi connectivity index (χ1v) is 10.0. The monoisotopic (exact) mass is 401 g/mol. The van der Waals surface area contributed by atoms with Crippen molar-refractivity contribution in [2.24, 2.45) is 0 Å². The van der Waals surface area contributed by atoms with Crippen molar-refractivity contribution in [3.63, 3.8) is 0 Å². The number of methoxy groups -OCH3 is 1. The van der Waals surface area contributed by atoms with Gasteiger partial charge in [-0.15, -0.1) is 0 Å². The van der Waals surface area contributed by atoms with Crippen LogP contribution in [0, 0.1) is 18.3 Å². The summed E-state index contributed by atoms with van der Waals surface area (Å²) in [5, 5.41) is 9.46. The molecule has 0 radical (unpaired) electrons. The third-order valence-corrected chi connectivity index (χ3v) is 5.02. The highest BCUT2D eigenvalue weighted by Crippen LogP contribution is 2.32. The second-order valence-electron chi connectivity index (χ2n) is 8.21. The number of nitrogens with zero attached hydrogens (tertiary/aromatic N) is 3. The van der Waals surface area contributed by atoms with Crippen molar-refractivity contribution in [1.82, 2.24) is 4.90 Å². The smallest absolute Gasteiger partial charge is 0.411 e. The molecule has 1 aromatic rings. The van der Waals surface area contributed by atoms with Gasteiger partial charge in [-0.3, -0.25) is 4.90 Å². The molecule has 0 saturated carbocycles. The molecule has 2 rings (SSSR count). The van der Waals surface area contributed by atoms with Crippen LogP contribution in [0.15, 0.2) is 12.1 Å². The third-order valence-electron chi connectivity index (χ3n) is 5.02. The van der Waals surface area contributed by atoms with Gasteiger partial charge in [-0.1, -0.05) is 0 Å². The summed E-state index contributed by atoms with van der Waals surface area (Å²) < 4.78 is 10.5. The minimum absolute atomic E-state index is 0.207. The molecular weight excluding hydrogens is 370 g/mol. The Morgan fingerprint density at radius 1 is 1.31 bits per heavy atom. The van der Waals surface area contributed by atoms with E-state index in [1.54, 1.807) is 17.0 Å². The number of anilines is 1. The number of likely N-dealkylation sites (tertiary alicyclic amines) is 1. The molecular formula is C22H31N3O4. The van der Waals surface area contributed by atoms with E-state index in [-0.39, 0.29) is 12.3 Å². The normalized spacial score (nSPS) is 16.7. The Labute approximate surface area is 173 Å². The Balaban J connectivity index is 2.49. The van der Waals surface area contributed by atoms with Gasteiger partial charge < -0.3 is 14.4 Å². The molecule has 29 heavy (non-hydrogen) atoms. The van der Waals surface area contributed by atoms with Gasteiger partial charge in [-0.2, -0.15) is 5.26 Å². The average molecular weight is 402 g/mol. The van der Waals surface area contributed by atoms with Crippen molar-refractivity contribution in [3.8, 4) is 6.07 Å². The van der Waals surface area contributed by atoms with Crippen LogP contribution in [-0.2, 0) is 9.47 Å². The van der Waals surface area contributed by atoms with Crippen LogP contribution in [0.5, 0.6) is 0 Å². The summed E-state index contributed by atoms with van der Waals surface area (Å²) in [7, 11) is 1.32. The van der Waals surface area contributed by atoms with E-state index in [2.05, 4.69) is 11.0 Å². The van der Waals surface area contributed by atoms with Crippen molar-refractivity contribution in [1.29, 1.82) is 5.26 Å². The molecule has 1 aliphatic heterocycles. The van der Waals surface area contributed by atoms with Gasteiger partial charge in [-0.05, 0) is 71.6 Å². The van der Waals surface area contributed by atoms with Gasteiger partial charge in [0.25, 0.3) is 0 Å². The van der Waals surface area contributed by atoms with Gasteiger partial charge >= 0.3 is 12.1 Å². The molecule has 7 nitrogen and oxygen atoms in total. The fraction of sp³-hybridized carbons (Fsp3) is 0.591. The van der Waals surface area contributed by atoms with Crippen molar-refractivity contribution in [2.75, 3.05) is 25.1 Å². The predicted molar refractivity (Wildman–Crippen MR) is 111 cm³/mol. The van der Waals surface area contributed by atoms with E-state index in [4.69, 9.17) is 9.47 Å². The van der Waals surface area contributed by atoms with Gasteiger partial charge in [0.2, 0.25) is 0 Å². The molecule has 1 fully saturated rings. The van der Waals surface area contributed by atoms with E-state index in [0.29, 0.717) is 24.2 Å². The SMILES string of the molecule is CCN(c1cc(C#N)cc(C(=O)OC)c1C)C1CCCCN1C(=O)OC(C)(C)C. The van der Waals surface area contributed by atoms with Crippen LogP contribution in [-0.4, -0.2) is 48.9 Å². The molecule has 0 N–H and O–H groups in total. The number of ether oxygens (including phenoxy) is 2. The summed E-state index contributed by atoms with van der Waals surface area (Å²) in [4.78, 5) is 28.9. The first-order chi connectivity index (χ1) is 13.6. The lowest BCUT2D eigenvalue weighted by molar-refractivity contribution is 0.00951. The fourth-order valence-electron chi connectivity index (χ4n) is 3.70. The standard InChI is InChI=1S/C22H31N3O4/c1-7-24(18-13-16(14-23)12-17(15(18)2)20(26)28-6)19-10-8-9-11-25(19)21(27)29-22(3,4)5/h12-13,19H,7-11H2,1-6H3. The first-order valence-electron chi connectivity index (χ1n) is 10.0. The number of piperidine rings is 1. The number of carbonyl (C=O) groups excluding carboxylic acids is 2. The lowest BCUT2D eigenvalue weighted by atomic mass is 10.00. The summed E-state index contributed by atoms with van der Waals surface area (Å²) in [5.74, 6) is -0.482. The second kappa shape index (κ2) is 9.17. The van der Waals surface area contributed by atoms with Crippen LogP contribution in [0.3, 0.4) is 0 Å². The molecule has 0 aliphatic carbocycles. The van der Waals surface area contributed by atoms with E-state index >= 15 is 0 Å². The number of nitriles is 1. The zero-order valence-electron chi connectivity index (χ0n) is 18.2. The summed E-state index contributed by atoms with van der Waals surface area (Å²) in [5.41, 5.74) is 1.65. The number of carbonyl (C=O) groups is 2. The molecule has 0 bridgehead atoms. The van der Waals surface area contributed by atoms with Crippen molar-refractivity contribution < 1.29 is 19.1 Å². The van der Waals surface area contributed by atoms with Gasteiger partial charge in [0.15, 0.2) is 0 Å². The van der Waals surface area contributed by atoms with Crippen LogP contribution >= 0.6 is 0 Å². The molecule has 1 amide bonds. The Hall–Kier alpha value is -2.75. The van der Waals surface area contributed by atoms with Gasteiger partial charge in [-0.25, -0.2) is 9.59 Å². The lowest BCUT2D eigenvalue weighted by Crippen LogP contribution is -2.54. The Morgan fingerprint density at radius 2 is 2.00 bits per heavy atom. The zero-order chi connectivity index (χ0) is 21.8. The highest BCUT2D eigenvalue weighted by atomic mass is 16.6. The molecule has 1 aromatic carbocycles. The minimum atomic E-state index is -0.579. The molecule has 1 saturated heterocycles.